The Morgan fingerprint density at radius 3 is 2.64 bits per heavy atom. The number of carbonyl (C=O) groups excluding carboxylic acids is 1. The van der Waals surface area contributed by atoms with Crippen LogP contribution in [-0.4, -0.2) is 57.4 Å². The van der Waals surface area contributed by atoms with Gasteiger partial charge < -0.3 is 15.4 Å². The molecule has 8 heteroatoms. The minimum atomic E-state index is -3.24. The maximum atomic E-state index is 12.2. The first-order valence-corrected chi connectivity index (χ1v) is 10.1. The van der Waals surface area contributed by atoms with Gasteiger partial charge in [0.2, 0.25) is 10.0 Å². The highest BCUT2D eigenvalue weighted by Gasteiger charge is 2.27. The van der Waals surface area contributed by atoms with Crippen LogP contribution in [0.4, 0.5) is 10.5 Å². The highest BCUT2D eigenvalue weighted by Crippen LogP contribution is 2.29. The van der Waals surface area contributed by atoms with Crippen LogP contribution in [0.25, 0.3) is 0 Å². The van der Waals surface area contributed by atoms with Gasteiger partial charge in [0.15, 0.2) is 0 Å². The Balaban J connectivity index is 1.92. The second-order valence-electron chi connectivity index (χ2n) is 7.24. The van der Waals surface area contributed by atoms with Crippen molar-refractivity contribution >= 4 is 21.7 Å². The Morgan fingerprint density at radius 1 is 1.32 bits per heavy atom. The van der Waals surface area contributed by atoms with Crippen molar-refractivity contribution in [1.29, 1.82) is 0 Å². The van der Waals surface area contributed by atoms with Gasteiger partial charge in [-0.15, -0.1) is 0 Å². The van der Waals surface area contributed by atoms with Crippen molar-refractivity contribution in [3.63, 3.8) is 0 Å². The third kappa shape index (κ3) is 5.69. The summed E-state index contributed by atoms with van der Waals surface area (Å²) in [5, 5.41) is 5.62. The highest BCUT2D eigenvalue weighted by atomic mass is 32.2. The van der Waals surface area contributed by atoms with E-state index in [1.165, 1.54) is 10.6 Å². The van der Waals surface area contributed by atoms with Gasteiger partial charge in [-0.2, -0.15) is 4.31 Å². The number of hydrogen-bond acceptors (Lipinski definition) is 4. The van der Waals surface area contributed by atoms with Crippen LogP contribution in [0.5, 0.6) is 0 Å². The second-order valence-corrected chi connectivity index (χ2v) is 9.23. The molecule has 0 radical (unpaired) electrons. The molecule has 0 aliphatic carbocycles. The molecule has 1 atom stereocenters. The van der Waals surface area contributed by atoms with E-state index in [-0.39, 0.29) is 30.6 Å². The van der Waals surface area contributed by atoms with E-state index in [1.54, 1.807) is 0 Å². The second kappa shape index (κ2) is 7.72. The number of anilines is 1. The Hall–Kier alpha value is -1.64. The Bertz CT molecular complexity index is 713. The fourth-order valence-electron chi connectivity index (χ4n) is 2.74. The average Bonchev–Trinajstić information content (AvgIpc) is 2.52. The van der Waals surface area contributed by atoms with Gasteiger partial charge >= 0.3 is 6.03 Å². The molecule has 140 valence electrons. The summed E-state index contributed by atoms with van der Waals surface area (Å²) in [4.78, 5) is 12.2. The largest absolute Gasteiger partial charge is 0.374 e. The molecule has 2 rings (SSSR count). The molecule has 1 aromatic rings. The molecule has 1 fully saturated rings. The van der Waals surface area contributed by atoms with Gasteiger partial charge in [0.05, 0.1) is 19.0 Å². The summed E-state index contributed by atoms with van der Waals surface area (Å²) in [6.07, 6.45) is 0.825. The number of morpholine rings is 1. The highest BCUT2D eigenvalue weighted by molar-refractivity contribution is 7.88. The van der Waals surface area contributed by atoms with Gasteiger partial charge in [-0.1, -0.05) is 39.0 Å². The van der Waals surface area contributed by atoms with Crippen molar-refractivity contribution in [2.24, 2.45) is 0 Å². The maximum absolute atomic E-state index is 12.2. The summed E-state index contributed by atoms with van der Waals surface area (Å²) in [5.74, 6) is 0. The fourth-order valence-corrected chi connectivity index (χ4v) is 3.58. The molecular formula is C17H27N3O4S. The predicted molar refractivity (Wildman–Crippen MR) is 98.3 cm³/mol. The van der Waals surface area contributed by atoms with Crippen LogP contribution in [0.3, 0.4) is 0 Å². The molecule has 1 unspecified atom stereocenters. The van der Waals surface area contributed by atoms with E-state index in [9.17, 15) is 13.2 Å². The van der Waals surface area contributed by atoms with Crippen molar-refractivity contribution in [1.82, 2.24) is 9.62 Å². The van der Waals surface area contributed by atoms with Crippen molar-refractivity contribution in [2.75, 3.05) is 37.8 Å². The molecule has 1 aliphatic rings. The normalized spacial score (nSPS) is 19.4. The smallest absolute Gasteiger partial charge is 0.319 e. The number of urea groups is 1. The number of rotatable bonds is 4. The molecule has 0 spiro atoms. The van der Waals surface area contributed by atoms with E-state index < -0.39 is 10.0 Å². The lowest BCUT2D eigenvalue weighted by molar-refractivity contribution is 0.00167. The summed E-state index contributed by atoms with van der Waals surface area (Å²) in [7, 11) is -3.24. The van der Waals surface area contributed by atoms with E-state index in [1.807, 2.05) is 24.3 Å². The molecule has 1 aliphatic heterocycles. The number of amides is 2. The van der Waals surface area contributed by atoms with Crippen LogP contribution in [0.2, 0.25) is 0 Å². The van der Waals surface area contributed by atoms with Crippen molar-refractivity contribution in [3.8, 4) is 0 Å². The molecule has 2 amide bonds. The van der Waals surface area contributed by atoms with Crippen molar-refractivity contribution < 1.29 is 17.9 Å². The number of sulfonamides is 1. The van der Waals surface area contributed by atoms with Crippen LogP contribution in [-0.2, 0) is 20.2 Å². The third-order valence-electron chi connectivity index (χ3n) is 4.04. The first-order chi connectivity index (χ1) is 11.6. The SMILES string of the molecule is CC(C)(C)c1ccccc1NC(=O)NCC1CN(S(C)(=O)=O)CCO1. The van der Waals surface area contributed by atoms with Gasteiger partial charge in [-0.25, -0.2) is 13.2 Å². The lowest BCUT2D eigenvalue weighted by Gasteiger charge is -2.31. The molecule has 25 heavy (non-hydrogen) atoms. The summed E-state index contributed by atoms with van der Waals surface area (Å²) >= 11 is 0. The Morgan fingerprint density at radius 2 is 2.00 bits per heavy atom. The van der Waals surface area contributed by atoms with Gasteiger partial charge in [0.1, 0.15) is 0 Å². The zero-order valence-corrected chi connectivity index (χ0v) is 16.0. The number of hydrogen-bond donors (Lipinski definition) is 2. The van der Waals surface area contributed by atoms with Crippen LogP contribution in [0.1, 0.15) is 26.3 Å². The number of ether oxygens (including phenoxy) is 1. The molecule has 1 aromatic carbocycles. The summed E-state index contributed by atoms with van der Waals surface area (Å²) in [6, 6.07) is 7.34. The molecular weight excluding hydrogens is 342 g/mol. The number of carbonyl (C=O) groups is 1. The maximum Gasteiger partial charge on any atom is 0.319 e. The first-order valence-electron chi connectivity index (χ1n) is 8.28. The van der Waals surface area contributed by atoms with Crippen LogP contribution < -0.4 is 10.6 Å². The van der Waals surface area contributed by atoms with Crippen LogP contribution >= 0.6 is 0 Å². The van der Waals surface area contributed by atoms with Gasteiger partial charge in [-0.05, 0) is 17.0 Å². The fraction of sp³-hybridized carbons (Fsp3) is 0.588. The van der Waals surface area contributed by atoms with Crippen LogP contribution in [0, 0.1) is 0 Å². The molecule has 1 heterocycles. The standard InChI is InChI=1S/C17H27N3O4S/c1-17(2,3)14-7-5-6-8-15(14)19-16(21)18-11-13-12-20(9-10-24-13)25(4,22)23/h5-8,13H,9-12H2,1-4H3,(H2,18,19,21). The Kier molecular flexibility index (Phi) is 6.08. The lowest BCUT2D eigenvalue weighted by atomic mass is 9.86. The van der Waals surface area contributed by atoms with E-state index in [2.05, 4.69) is 31.4 Å². The third-order valence-corrected chi connectivity index (χ3v) is 5.31. The summed E-state index contributed by atoms with van der Waals surface area (Å²) < 4.78 is 30.1. The zero-order valence-electron chi connectivity index (χ0n) is 15.2. The minimum Gasteiger partial charge on any atom is -0.374 e. The molecule has 2 N–H and O–H groups in total. The zero-order chi connectivity index (χ0) is 18.7. The molecule has 7 nitrogen and oxygen atoms in total. The first kappa shape index (κ1) is 19.7. The van der Waals surface area contributed by atoms with Gasteiger partial charge in [0.25, 0.3) is 0 Å². The number of para-hydroxylation sites is 1. The quantitative estimate of drug-likeness (QED) is 0.847. The molecule has 0 saturated carbocycles. The minimum absolute atomic E-state index is 0.0909. The van der Waals surface area contributed by atoms with E-state index in [0.29, 0.717) is 13.2 Å². The van der Waals surface area contributed by atoms with Crippen molar-refractivity contribution in [3.05, 3.63) is 29.8 Å². The van der Waals surface area contributed by atoms with E-state index >= 15 is 0 Å². The van der Waals surface area contributed by atoms with Gasteiger partial charge in [0, 0.05) is 25.3 Å². The van der Waals surface area contributed by atoms with Crippen molar-refractivity contribution in [2.45, 2.75) is 32.3 Å². The predicted octanol–water partition coefficient (Wildman–Crippen LogP) is 1.77. The lowest BCUT2D eigenvalue weighted by Crippen LogP contribution is -2.49. The number of nitrogens with one attached hydrogen (secondary N) is 2. The molecule has 1 saturated heterocycles. The number of nitrogens with zero attached hydrogens (tertiary/aromatic N) is 1. The van der Waals surface area contributed by atoms with E-state index in [4.69, 9.17) is 4.74 Å². The molecule has 0 aromatic heterocycles. The summed E-state index contributed by atoms with van der Waals surface area (Å²) in [5.41, 5.74) is 1.71. The van der Waals surface area contributed by atoms with E-state index in [0.717, 1.165) is 11.3 Å². The summed E-state index contributed by atoms with van der Waals surface area (Å²) in [6.45, 7) is 7.42. The van der Waals surface area contributed by atoms with Gasteiger partial charge in [-0.3, -0.25) is 0 Å². The monoisotopic (exact) mass is 369 g/mol. The van der Waals surface area contributed by atoms with Crippen LogP contribution in [0.15, 0.2) is 24.3 Å². The molecule has 0 bridgehead atoms. The topological polar surface area (TPSA) is 87.7 Å². The average molecular weight is 369 g/mol. The number of benzene rings is 1. The Labute approximate surface area is 149 Å².